The predicted molar refractivity (Wildman–Crippen MR) is 69.6 cm³/mol. The molecule has 0 radical (unpaired) electrons. The topological polar surface area (TPSA) is 3.24 Å². The van der Waals surface area contributed by atoms with Crippen LogP contribution in [-0.4, -0.2) is 31.7 Å². The van der Waals surface area contributed by atoms with Gasteiger partial charge in [-0.3, -0.25) is 0 Å². The lowest BCUT2D eigenvalue weighted by Gasteiger charge is -2.41. The van der Waals surface area contributed by atoms with Crippen molar-refractivity contribution >= 4 is 8.07 Å². The Morgan fingerprint density at radius 1 is 0.857 bits per heavy atom. The molecule has 0 saturated heterocycles. The molecule has 0 amide bonds. The molecule has 2 heteroatoms. The van der Waals surface area contributed by atoms with Crippen molar-refractivity contribution < 1.29 is 0 Å². The highest BCUT2D eigenvalue weighted by Gasteiger charge is 2.35. The van der Waals surface area contributed by atoms with E-state index in [0.29, 0.717) is 0 Å². The van der Waals surface area contributed by atoms with E-state index in [0.717, 1.165) is 5.67 Å². The quantitative estimate of drug-likeness (QED) is 0.585. The van der Waals surface area contributed by atoms with Crippen LogP contribution in [0.15, 0.2) is 0 Å². The molecule has 0 aliphatic rings. The van der Waals surface area contributed by atoms with Crippen LogP contribution in [0.2, 0.25) is 18.1 Å². The summed E-state index contributed by atoms with van der Waals surface area (Å²) in [6.07, 6.45) is 0. The minimum atomic E-state index is -1.000. The van der Waals surface area contributed by atoms with Gasteiger partial charge in [0.15, 0.2) is 0 Å². The monoisotopic (exact) mass is 215 g/mol. The minimum absolute atomic E-state index is 0.859. The zero-order chi connectivity index (χ0) is 11.2. The second-order valence-electron chi connectivity index (χ2n) is 4.32. The lowest BCUT2D eigenvalue weighted by molar-refractivity contribution is 0.280. The molecule has 14 heavy (non-hydrogen) atoms. The summed E-state index contributed by atoms with van der Waals surface area (Å²) in [6.45, 7) is 16.7. The molecular weight excluding hydrogens is 186 g/mol. The molecule has 0 aromatic carbocycles. The summed E-state index contributed by atoms with van der Waals surface area (Å²) < 4.78 is 0. The molecule has 0 bridgehead atoms. The van der Waals surface area contributed by atoms with E-state index in [1.54, 1.807) is 0 Å². The van der Waals surface area contributed by atoms with E-state index in [9.17, 15) is 0 Å². The molecule has 0 N–H and O–H groups in total. The van der Waals surface area contributed by atoms with Gasteiger partial charge in [-0.1, -0.05) is 59.7 Å². The lowest BCUT2D eigenvalue weighted by atomic mass is 10.5. The van der Waals surface area contributed by atoms with Crippen LogP contribution < -0.4 is 0 Å². The molecule has 1 atom stereocenters. The Morgan fingerprint density at radius 2 is 1.21 bits per heavy atom. The zero-order valence-corrected chi connectivity index (χ0v) is 12.1. The first kappa shape index (κ1) is 14.2. The molecular formula is C12H29NSi. The van der Waals surface area contributed by atoms with E-state index in [1.807, 2.05) is 0 Å². The van der Waals surface area contributed by atoms with Gasteiger partial charge in [0.2, 0.25) is 0 Å². The molecule has 0 aliphatic carbocycles. The Labute approximate surface area is 91.9 Å². The smallest absolute Gasteiger partial charge is 0.0718 e. The van der Waals surface area contributed by atoms with Gasteiger partial charge < -0.3 is 4.90 Å². The Kier molecular flexibility index (Phi) is 6.71. The van der Waals surface area contributed by atoms with Crippen LogP contribution >= 0.6 is 0 Å². The Morgan fingerprint density at radius 3 is 1.43 bits per heavy atom. The standard InChI is InChI=1S/C12H29NSi/c1-7-13(8-2)12(6)14(9-3,10-4)11-5/h12H,7-11H2,1-6H3. The van der Waals surface area contributed by atoms with Crippen LogP contribution in [0.1, 0.15) is 41.5 Å². The fraction of sp³-hybridized carbons (Fsp3) is 1.00. The number of rotatable bonds is 7. The summed E-state index contributed by atoms with van der Waals surface area (Å²) in [7, 11) is -1.000. The summed E-state index contributed by atoms with van der Waals surface area (Å²) in [4.78, 5) is 2.66. The van der Waals surface area contributed by atoms with E-state index < -0.39 is 8.07 Å². The third-order valence-corrected chi connectivity index (χ3v) is 10.7. The van der Waals surface area contributed by atoms with Crippen molar-refractivity contribution in [2.24, 2.45) is 0 Å². The maximum atomic E-state index is 2.66. The van der Waals surface area contributed by atoms with Crippen molar-refractivity contribution in [2.75, 3.05) is 13.1 Å². The van der Waals surface area contributed by atoms with Crippen molar-refractivity contribution in [2.45, 2.75) is 65.3 Å². The van der Waals surface area contributed by atoms with Gasteiger partial charge >= 0.3 is 0 Å². The SMILES string of the molecule is CCN(CC)C(C)[Si](CC)(CC)CC. The van der Waals surface area contributed by atoms with E-state index >= 15 is 0 Å². The molecule has 1 unspecified atom stereocenters. The first-order valence-corrected chi connectivity index (χ1v) is 9.05. The van der Waals surface area contributed by atoms with Gasteiger partial charge in [0.05, 0.1) is 8.07 Å². The molecule has 0 fully saturated rings. The van der Waals surface area contributed by atoms with Crippen LogP contribution in [0, 0.1) is 0 Å². The highest BCUT2D eigenvalue weighted by atomic mass is 28.3. The van der Waals surface area contributed by atoms with Crippen molar-refractivity contribution in [1.82, 2.24) is 4.90 Å². The highest BCUT2D eigenvalue weighted by molar-refractivity contribution is 6.81. The van der Waals surface area contributed by atoms with Crippen LogP contribution in [0.5, 0.6) is 0 Å². The second-order valence-corrected chi connectivity index (χ2v) is 10.0. The first-order chi connectivity index (χ1) is 6.61. The maximum Gasteiger partial charge on any atom is 0.0718 e. The van der Waals surface area contributed by atoms with Crippen LogP contribution in [0.4, 0.5) is 0 Å². The van der Waals surface area contributed by atoms with E-state index in [1.165, 1.54) is 31.2 Å². The van der Waals surface area contributed by atoms with Gasteiger partial charge in [-0.25, -0.2) is 0 Å². The number of hydrogen-bond donors (Lipinski definition) is 0. The van der Waals surface area contributed by atoms with Crippen molar-refractivity contribution in [1.29, 1.82) is 0 Å². The Balaban J connectivity index is 4.63. The van der Waals surface area contributed by atoms with Crippen molar-refractivity contribution in [3.63, 3.8) is 0 Å². The van der Waals surface area contributed by atoms with E-state index in [4.69, 9.17) is 0 Å². The first-order valence-electron chi connectivity index (χ1n) is 6.35. The van der Waals surface area contributed by atoms with Gasteiger partial charge in [-0.2, -0.15) is 0 Å². The zero-order valence-electron chi connectivity index (χ0n) is 11.1. The lowest BCUT2D eigenvalue weighted by Crippen LogP contribution is -2.53. The molecule has 86 valence electrons. The summed E-state index contributed by atoms with van der Waals surface area (Å²) in [5, 5.41) is 0. The van der Waals surface area contributed by atoms with Gasteiger partial charge in [0.1, 0.15) is 0 Å². The van der Waals surface area contributed by atoms with Crippen LogP contribution in [0.25, 0.3) is 0 Å². The van der Waals surface area contributed by atoms with Crippen LogP contribution in [0.3, 0.4) is 0 Å². The average molecular weight is 215 g/mol. The van der Waals surface area contributed by atoms with Gasteiger partial charge in [0.25, 0.3) is 0 Å². The molecule has 1 nitrogen and oxygen atoms in total. The molecule has 0 rings (SSSR count). The molecule has 0 spiro atoms. The molecule has 0 aromatic rings. The fourth-order valence-corrected chi connectivity index (χ4v) is 7.21. The largest absolute Gasteiger partial charge is 0.304 e. The third-order valence-electron chi connectivity index (χ3n) is 4.36. The summed E-state index contributed by atoms with van der Waals surface area (Å²) >= 11 is 0. The minimum Gasteiger partial charge on any atom is -0.304 e. The number of nitrogens with zero attached hydrogens (tertiary/aromatic N) is 1. The van der Waals surface area contributed by atoms with Gasteiger partial charge in [-0.05, 0) is 13.1 Å². The highest BCUT2D eigenvalue weighted by Crippen LogP contribution is 2.27. The Bertz CT molecular complexity index is 131. The second kappa shape index (κ2) is 6.62. The predicted octanol–water partition coefficient (Wildman–Crippen LogP) is 3.76. The normalized spacial score (nSPS) is 14.8. The molecule has 0 heterocycles. The Hall–Kier alpha value is 0.177. The molecule has 0 aromatic heterocycles. The van der Waals surface area contributed by atoms with E-state index in [2.05, 4.69) is 46.4 Å². The fourth-order valence-electron chi connectivity index (χ4n) is 2.79. The summed E-state index contributed by atoms with van der Waals surface area (Å²) in [6, 6.07) is 4.33. The summed E-state index contributed by atoms with van der Waals surface area (Å²) in [5.41, 5.74) is 0.859. The number of hydrogen-bond acceptors (Lipinski definition) is 1. The molecule has 0 aliphatic heterocycles. The van der Waals surface area contributed by atoms with E-state index in [-0.39, 0.29) is 0 Å². The van der Waals surface area contributed by atoms with Gasteiger partial charge in [0, 0.05) is 5.67 Å². The van der Waals surface area contributed by atoms with Crippen LogP contribution in [-0.2, 0) is 0 Å². The maximum absolute atomic E-state index is 2.66. The van der Waals surface area contributed by atoms with Crippen molar-refractivity contribution in [3.8, 4) is 0 Å². The molecule has 0 saturated carbocycles. The summed E-state index contributed by atoms with van der Waals surface area (Å²) in [5.74, 6) is 0. The van der Waals surface area contributed by atoms with Crippen molar-refractivity contribution in [3.05, 3.63) is 0 Å². The third kappa shape index (κ3) is 2.83. The average Bonchev–Trinajstić information content (AvgIpc) is 2.23. The van der Waals surface area contributed by atoms with Gasteiger partial charge in [-0.15, -0.1) is 0 Å².